The van der Waals surface area contributed by atoms with Crippen LogP contribution in [0.4, 0.5) is 5.69 Å². The first-order valence-electron chi connectivity index (χ1n) is 15.2. The fraction of sp³-hybridized carbons (Fsp3) is 0.278. The standard InChI is InChI=1S/C36H38IN3O4S/c1-27-16-18-29(19-17-27)25-39(34(24-28-10-4-2-5-11-28)36(42)38-31-12-8-9-13-31)35(41)26-40(32-22-20-30(37)21-23-32)45(43,44)33-14-6-3-7-15-33/h2-7,10-11,14-23,31,34H,8-9,12-13,24-26H2,1H3,(H,38,42). The van der Waals surface area contributed by atoms with Gasteiger partial charge in [-0.1, -0.05) is 91.2 Å². The summed E-state index contributed by atoms with van der Waals surface area (Å²) in [4.78, 5) is 30.3. The maximum absolute atomic E-state index is 14.6. The summed E-state index contributed by atoms with van der Waals surface area (Å²) >= 11 is 2.16. The lowest BCUT2D eigenvalue weighted by Gasteiger charge is -2.34. The van der Waals surface area contributed by atoms with Gasteiger partial charge in [-0.25, -0.2) is 8.42 Å². The van der Waals surface area contributed by atoms with Crippen LogP contribution in [-0.4, -0.2) is 43.8 Å². The highest BCUT2D eigenvalue weighted by Gasteiger charge is 2.35. The minimum atomic E-state index is -4.11. The molecular formula is C36H38IN3O4S. The Balaban J connectivity index is 1.55. The molecule has 234 valence electrons. The molecule has 1 N–H and O–H groups in total. The van der Waals surface area contributed by atoms with Gasteiger partial charge in [-0.15, -0.1) is 0 Å². The number of hydrogen-bond donors (Lipinski definition) is 1. The molecule has 0 saturated heterocycles. The van der Waals surface area contributed by atoms with Gasteiger partial charge in [0.05, 0.1) is 10.6 Å². The predicted molar refractivity (Wildman–Crippen MR) is 186 cm³/mol. The zero-order chi connectivity index (χ0) is 31.8. The summed E-state index contributed by atoms with van der Waals surface area (Å²) in [7, 11) is -4.11. The molecule has 0 radical (unpaired) electrons. The lowest BCUT2D eigenvalue weighted by molar-refractivity contribution is -0.140. The van der Waals surface area contributed by atoms with E-state index in [-0.39, 0.29) is 23.4 Å². The molecule has 9 heteroatoms. The van der Waals surface area contributed by atoms with Gasteiger partial charge in [-0.2, -0.15) is 0 Å². The second-order valence-corrected chi connectivity index (χ2v) is 14.6. The van der Waals surface area contributed by atoms with Gasteiger partial charge >= 0.3 is 0 Å². The van der Waals surface area contributed by atoms with E-state index in [1.54, 1.807) is 35.2 Å². The highest BCUT2D eigenvalue weighted by molar-refractivity contribution is 14.1. The number of hydrogen-bond acceptors (Lipinski definition) is 4. The van der Waals surface area contributed by atoms with Gasteiger partial charge in [-0.05, 0) is 89.9 Å². The Morgan fingerprint density at radius 2 is 1.42 bits per heavy atom. The normalized spacial score (nSPS) is 14.1. The van der Waals surface area contributed by atoms with Crippen LogP contribution < -0.4 is 9.62 Å². The molecule has 0 heterocycles. The topological polar surface area (TPSA) is 86.8 Å². The van der Waals surface area contributed by atoms with Crippen molar-refractivity contribution < 1.29 is 18.0 Å². The van der Waals surface area contributed by atoms with Crippen LogP contribution in [0, 0.1) is 10.5 Å². The van der Waals surface area contributed by atoms with E-state index in [0.717, 1.165) is 50.2 Å². The van der Waals surface area contributed by atoms with Crippen LogP contribution in [0.2, 0.25) is 0 Å². The van der Waals surface area contributed by atoms with E-state index in [2.05, 4.69) is 27.9 Å². The first kappa shape index (κ1) is 32.7. The summed E-state index contributed by atoms with van der Waals surface area (Å²) in [6.45, 7) is 1.68. The fourth-order valence-corrected chi connectivity index (χ4v) is 7.46. The minimum Gasteiger partial charge on any atom is -0.352 e. The molecule has 5 rings (SSSR count). The van der Waals surface area contributed by atoms with Gasteiger partial charge < -0.3 is 10.2 Å². The predicted octanol–water partition coefficient (Wildman–Crippen LogP) is 6.49. The average molecular weight is 736 g/mol. The molecule has 4 aromatic carbocycles. The number of aryl methyl sites for hydroxylation is 1. The smallest absolute Gasteiger partial charge is 0.264 e. The van der Waals surface area contributed by atoms with Crippen LogP contribution >= 0.6 is 22.6 Å². The molecule has 1 unspecified atom stereocenters. The molecule has 0 bridgehead atoms. The molecule has 1 fully saturated rings. The van der Waals surface area contributed by atoms with Crippen LogP contribution in [-0.2, 0) is 32.6 Å². The highest BCUT2D eigenvalue weighted by atomic mass is 127. The molecule has 1 aliphatic carbocycles. The van der Waals surface area contributed by atoms with Gasteiger partial charge in [0.25, 0.3) is 10.0 Å². The monoisotopic (exact) mass is 735 g/mol. The van der Waals surface area contributed by atoms with E-state index in [1.165, 1.54) is 12.1 Å². The van der Waals surface area contributed by atoms with Crippen molar-refractivity contribution in [1.82, 2.24) is 10.2 Å². The number of benzene rings is 4. The van der Waals surface area contributed by atoms with Crippen LogP contribution in [0.1, 0.15) is 42.4 Å². The number of anilines is 1. The van der Waals surface area contributed by atoms with Crippen molar-refractivity contribution in [3.8, 4) is 0 Å². The second kappa shape index (κ2) is 15.1. The summed E-state index contributed by atoms with van der Waals surface area (Å²) in [5, 5.41) is 3.21. The van der Waals surface area contributed by atoms with Gasteiger partial charge in [-0.3, -0.25) is 13.9 Å². The number of carbonyl (C=O) groups excluding carboxylic acids is 2. The number of sulfonamides is 1. The molecule has 0 aliphatic heterocycles. The van der Waals surface area contributed by atoms with Gasteiger partial charge in [0.2, 0.25) is 11.8 Å². The molecule has 7 nitrogen and oxygen atoms in total. The molecule has 2 amide bonds. The number of rotatable bonds is 12. The van der Waals surface area contributed by atoms with Crippen molar-refractivity contribution in [1.29, 1.82) is 0 Å². The van der Waals surface area contributed by atoms with Crippen molar-refractivity contribution in [2.75, 3.05) is 10.8 Å². The molecule has 1 saturated carbocycles. The quantitative estimate of drug-likeness (QED) is 0.169. The lowest BCUT2D eigenvalue weighted by atomic mass is 10.0. The first-order chi connectivity index (χ1) is 21.7. The number of nitrogens with zero attached hydrogens (tertiary/aromatic N) is 2. The van der Waals surface area contributed by atoms with Crippen LogP contribution in [0.5, 0.6) is 0 Å². The fourth-order valence-electron chi connectivity index (χ4n) is 5.67. The third-order valence-corrected chi connectivity index (χ3v) is 10.7. The van der Waals surface area contributed by atoms with Crippen molar-refractivity contribution in [2.24, 2.45) is 0 Å². The summed E-state index contributed by atoms with van der Waals surface area (Å²) in [5.41, 5.74) is 3.22. The Bertz CT molecular complexity index is 1680. The second-order valence-electron chi connectivity index (χ2n) is 11.5. The Hall–Kier alpha value is -3.70. The minimum absolute atomic E-state index is 0.0637. The molecule has 0 spiro atoms. The number of amides is 2. The van der Waals surface area contributed by atoms with E-state index in [1.807, 2.05) is 73.7 Å². The van der Waals surface area contributed by atoms with E-state index in [4.69, 9.17) is 0 Å². The number of nitrogens with one attached hydrogen (secondary N) is 1. The van der Waals surface area contributed by atoms with E-state index in [0.29, 0.717) is 12.1 Å². The Morgan fingerprint density at radius 1 is 0.822 bits per heavy atom. The Kier molecular flexibility index (Phi) is 10.9. The summed E-state index contributed by atoms with van der Waals surface area (Å²) in [6, 6.07) is 31.8. The van der Waals surface area contributed by atoms with Crippen molar-refractivity contribution in [3.63, 3.8) is 0 Å². The van der Waals surface area contributed by atoms with Crippen molar-refractivity contribution in [3.05, 3.63) is 129 Å². The largest absolute Gasteiger partial charge is 0.352 e. The Morgan fingerprint density at radius 3 is 2.04 bits per heavy atom. The highest BCUT2D eigenvalue weighted by Crippen LogP contribution is 2.26. The molecule has 4 aromatic rings. The molecule has 0 aromatic heterocycles. The third-order valence-electron chi connectivity index (χ3n) is 8.17. The Labute approximate surface area is 279 Å². The van der Waals surface area contributed by atoms with Gasteiger partial charge in [0.1, 0.15) is 12.6 Å². The van der Waals surface area contributed by atoms with Gasteiger partial charge in [0.15, 0.2) is 0 Å². The molecular weight excluding hydrogens is 697 g/mol. The maximum atomic E-state index is 14.6. The van der Waals surface area contributed by atoms with Gasteiger partial charge in [0, 0.05) is 22.6 Å². The number of halogens is 1. The first-order valence-corrected chi connectivity index (χ1v) is 17.8. The SMILES string of the molecule is Cc1ccc(CN(C(=O)CN(c2ccc(I)cc2)S(=O)(=O)c2ccccc2)C(Cc2ccccc2)C(=O)NC2CCCC2)cc1. The lowest BCUT2D eigenvalue weighted by Crippen LogP contribution is -2.54. The number of carbonyl (C=O) groups is 2. The third kappa shape index (κ3) is 8.52. The van der Waals surface area contributed by atoms with Crippen molar-refractivity contribution in [2.45, 2.75) is 62.6 Å². The summed E-state index contributed by atoms with van der Waals surface area (Å²) in [5.74, 6) is -0.686. The summed E-state index contributed by atoms with van der Waals surface area (Å²) in [6.07, 6.45) is 4.23. The van der Waals surface area contributed by atoms with Crippen molar-refractivity contribution >= 4 is 50.1 Å². The van der Waals surface area contributed by atoms with E-state index >= 15 is 0 Å². The van der Waals surface area contributed by atoms with E-state index in [9.17, 15) is 18.0 Å². The average Bonchev–Trinajstić information content (AvgIpc) is 3.57. The maximum Gasteiger partial charge on any atom is 0.264 e. The molecule has 1 aliphatic rings. The van der Waals surface area contributed by atoms with Crippen LogP contribution in [0.25, 0.3) is 0 Å². The zero-order valence-corrected chi connectivity index (χ0v) is 28.3. The van der Waals surface area contributed by atoms with Crippen LogP contribution in [0.3, 0.4) is 0 Å². The van der Waals surface area contributed by atoms with Crippen LogP contribution in [0.15, 0.2) is 114 Å². The molecule has 45 heavy (non-hydrogen) atoms. The van der Waals surface area contributed by atoms with E-state index < -0.39 is 28.5 Å². The zero-order valence-electron chi connectivity index (χ0n) is 25.3. The molecule has 1 atom stereocenters. The summed E-state index contributed by atoms with van der Waals surface area (Å²) < 4.78 is 30.2.